The fraction of sp³-hybridized carbons (Fsp3) is 0.333. The number of guanidine groups is 1. The Kier molecular flexibility index (Phi) is 8.18. The van der Waals surface area contributed by atoms with Crippen molar-refractivity contribution in [3.8, 4) is 0 Å². The SMILES string of the molecule is CN=C(NCc1ccsc1)NCc1cccnc1N(C)C.I. The molecule has 7 heteroatoms. The molecule has 5 nitrogen and oxygen atoms in total. The van der Waals surface area contributed by atoms with Crippen LogP contribution < -0.4 is 15.5 Å². The Hall–Kier alpha value is -1.35. The molecule has 22 heavy (non-hydrogen) atoms. The van der Waals surface area contributed by atoms with E-state index in [1.54, 1.807) is 18.4 Å². The van der Waals surface area contributed by atoms with Crippen molar-refractivity contribution in [2.75, 3.05) is 26.0 Å². The van der Waals surface area contributed by atoms with Gasteiger partial charge in [0, 0.05) is 46.0 Å². The summed E-state index contributed by atoms with van der Waals surface area (Å²) in [7, 11) is 5.77. The molecule has 0 radical (unpaired) electrons. The smallest absolute Gasteiger partial charge is 0.191 e. The molecule has 0 atom stereocenters. The van der Waals surface area contributed by atoms with Gasteiger partial charge in [0.25, 0.3) is 0 Å². The highest BCUT2D eigenvalue weighted by Crippen LogP contribution is 2.13. The fourth-order valence-electron chi connectivity index (χ4n) is 1.95. The molecule has 0 saturated carbocycles. The van der Waals surface area contributed by atoms with E-state index in [1.807, 2.05) is 31.3 Å². The summed E-state index contributed by atoms with van der Waals surface area (Å²) >= 11 is 1.70. The highest BCUT2D eigenvalue weighted by Gasteiger charge is 2.06. The lowest BCUT2D eigenvalue weighted by molar-refractivity contribution is 0.805. The third-order valence-corrected chi connectivity index (χ3v) is 3.73. The molecular weight excluding hydrogens is 409 g/mol. The number of halogens is 1. The Morgan fingerprint density at radius 1 is 1.27 bits per heavy atom. The van der Waals surface area contributed by atoms with Crippen molar-refractivity contribution in [3.63, 3.8) is 0 Å². The summed E-state index contributed by atoms with van der Waals surface area (Å²) in [5.41, 5.74) is 2.40. The molecule has 2 rings (SSSR count). The van der Waals surface area contributed by atoms with Gasteiger partial charge in [0.1, 0.15) is 5.82 Å². The maximum Gasteiger partial charge on any atom is 0.191 e. The van der Waals surface area contributed by atoms with Crippen LogP contribution in [0.2, 0.25) is 0 Å². The van der Waals surface area contributed by atoms with Gasteiger partial charge < -0.3 is 15.5 Å². The number of hydrogen-bond acceptors (Lipinski definition) is 4. The van der Waals surface area contributed by atoms with E-state index in [-0.39, 0.29) is 24.0 Å². The average molecular weight is 431 g/mol. The first-order chi connectivity index (χ1) is 10.2. The first-order valence-electron chi connectivity index (χ1n) is 6.77. The molecule has 0 aliphatic rings. The molecule has 0 bridgehead atoms. The zero-order chi connectivity index (χ0) is 15.1. The predicted octanol–water partition coefficient (Wildman–Crippen LogP) is 2.69. The monoisotopic (exact) mass is 431 g/mol. The minimum absolute atomic E-state index is 0. The molecule has 0 fully saturated rings. The normalized spacial score (nSPS) is 10.8. The molecule has 0 saturated heterocycles. The van der Waals surface area contributed by atoms with Gasteiger partial charge in [-0.25, -0.2) is 4.98 Å². The standard InChI is InChI=1S/C15H21N5S.HI/c1-16-15(18-9-12-6-8-21-11-12)19-10-13-5-4-7-17-14(13)20(2)3;/h4-8,11H,9-10H2,1-3H3,(H2,16,18,19);1H. The molecule has 2 N–H and O–H groups in total. The molecule has 0 amide bonds. The largest absolute Gasteiger partial charge is 0.362 e. The summed E-state index contributed by atoms with van der Waals surface area (Å²) < 4.78 is 0. The van der Waals surface area contributed by atoms with Gasteiger partial charge in [-0.2, -0.15) is 11.3 Å². The van der Waals surface area contributed by atoms with E-state index in [9.17, 15) is 0 Å². The molecule has 0 aromatic carbocycles. The first kappa shape index (κ1) is 18.7. The quantitative estimate of drug-likeness (QED) is 0.434. The summed E-state index contributed by atoms with van der Waals surface area (Å²) in [6, 6.07) is 6.13. The fourth-order valence-corrected chi connectivity index (χ4v) is 2.62. The lowest BCUT2D eigenvalue weighted by atomic mass is 10.2. The van der Waals surface area contributed by atoms with Crippen LogP contribution in [0.1, 0.15) is 11.1 Å². The van der Waals surface area contributed by atoms with Gasteiger partial charge >= 0.3 is 0 Å². The zero-order valence-electron chi connectivity index (χ0n) is 13.0. The third kappa shape index (κ3) is 5.45. The van der Waals surface area contributed by atoms with Gasteiger partial charge in [-0.15, -0.1) is 24.0 Å². The van der Waals surface area contributed by atoms with Crippen molar-refractivity contribution < 1.29 is 0 Å². The summed E-state index contributed by atoms with van der Waals surface area (Å²) in [6.45, 7) is 1.46. The lowest BCUT2D eigenvalue weighted by Gasteiger charge is -2.17. The van der Waals surface area contributed by atoms with Crippen molar-refractivity contribution in [2.24, 2.45) is 4.99 Å². The summed E-state index contributed by atoms with van der Waals surface area (Å²) in [4.78, 5) is 10.6. The first-order valence-corrected chi connectivity index (χ1v) is 7.72. The Morgan fingerprint density at radius 3 is 2.68 bits per heavy atom. The number of aliphatic imine (C=N–C) groups is 1. The minimum Gasteiger partial charge on any atom is -0.362 e. The highest BCUT2D eigenvalue weighted by molar-refractivity contribution is 14.0. The average Bonchev–Trinajstić information content (AvgIpc) is 3.01. The van der Waals surface area contributed by atoms with Crippen LogP contribution in [0.5, 0.6) is 0 Å². The number of rotatable bonds is 5. The van der Waals surface area contributed by atoms with Crippen LogP contribution in [-0.4, -0.2) is 32.1 Å². The van der Waals surface area contributed by atoms with Crippen LogP contribution in [0.4, 0.5) is 5.82 Å². The minimum atomic E-state index is 0. The van der Waals surface area contributed by atoms with Crippen LogP contribution >= 0.6 is 35.3 Å². The van der Waals surface area contributed by atoms with E-state index < -0.39 is 0 Å². The second-order valence-electron chi connectivity index (χ2n) is 4.79. The van der Waals surface area contributed by atoms with Crippen molar-refractivity contribution in [1.29, 1.82) is 0 Å². The van der Waals surface area contributed by atoms with Crippen molar-refractivity contribution in [1.82, 2.24) is 15.6 Å². The Morgan fingerprint density at radius 2 is 2.05 bits per heavy atom. The van der Waals surface area contributed by atoms with Crippen molar-refractivity contribution >= 4 is 47.1 Å². The number of nitrogens with zero attached hydrogens (tertiary/aromatic N) is 3. The van der Waals surface area contributed by atoms with Crippen LogP contribution in [0.15, 0.2) is 40.1 Å². The molecule has 120 valence electrons. The van der Waals surface area contributed by atoms with E-state index >= 15 is 0 Å². The maximum atomic E-state index is 4.40. The van der Waals surface area contributed by atoms with Crippen LogP contribution in [0.3, 0.4) is 0 Å². The van der Waals surface area contributed by atoms with Gasteiger partial charge in [-0.1, -0.05) is 6.07 Å². The van der Waals surface area contributed by atoms with E-state index in [2.05, 4.69) is 43.5 Å². The molecule has 0 aliphatic heterocycles. The molecule has 2 aromatic rings. The zero-order valence-corrected chi connectivity index (χ0v) is 16.2. The van der Waals surface area contributed by atoms with Gasteiger partial charge in [0.2, 0.25) is 0 Å². The number of pyridine rings is 1. The Balaban J connectivity index is 0.00000242. The van der Waals surface area contributed by atoms with E-state index in [4.69, 9.17) is 0 Å². The van der Waals surface area contributed by atoms with Gasteiger partial charge in [0.05, 0.1) is 0 Å². The number of anilines is 1. The summed E-state index contributed by atoms with van der Waals surface area (Å²) in [6.07, 6.45) is 1.81. The van der Waals surface area contributed by atoms with Gasteiger partial charge in [0.15, 0.2) is 5.96 Å². The Bertz CT molecular complexity index is 583. The van der Waals surface area contributed by atoms with Crippen LogP contribution in [0.25, 0.3) is 0 Å². The predicted molar refractivity (Wildman–Crippen MR) is 105 cm³/mol. The number of thiophene rings is 1. The van der Waals surface area contributed by atoms with Crippen molar-refractivity contribution in [3.05, 3.63) is 46.3 Å². The van der Waals surface area contributed by atoms with E-state index in [1.165, 1.54) is 5.56 Å². The lowest BCUT2D eigenvalue weighted by Crippen LogP contribution is -2.36. The van der Waals surface area contributed by atoms with Crippen molar-refractivity contribution in [2.45, 2.75) is 13.1 Å². The third-order valence-electron chi connectivity index (χ3n) is 3.00. The number of aromatic nitrogens is 1. The van der Waals surface area contributed by atoms with Crippen LogP contribution in [0, 0.1) is 0 Å². The highest BCUT2D eigenvalue weighted by atomic mass is 127. The summed E-state index contributed by atoms with van der Waals surface area (Å²) in [5.74, 6) is 1.76. The number of hydrogen-bond donors (Lipinski definition) is 2. The molecule has 0 aliphatic carbocycles. The maximum absolute atomic E-state index is 4.40. The molecule has 2 heterocycles. The van der Waals surface area contributed by atoms with Crippen LogP contribution in [-0.2, 0) is 13.1 Å². The molecule has 2 aromatic heterocycles. The van der Waals surface area contributed by atoms with Gasteiger partial charge in [-0.05, 0) is 28.5 Å². The topological polar surface area (TPSA) is 52.6 Å². The van der Waals surface area contributed by atoms with Gasteiger partial charge in [-0.3, -0.25) is 4.99 Å². The second-order valence-corrected chi connectivity index (χ2v) is 5.57. The van der Waals surface area contributed by atoms with E-state index in [0.717, 1.165) is 23.9 Å². The molecule has 0 unspecified atom stereocenters. The Labute approximate surface area is 152 Å². The van der Waals surface area contributed by atoms with E-state index in [0.29, 0.717) is 6.54 Å². The number of nitrogens with one attached hydrogen (secondary N) is 2. The second kappa shape index (κ2) is 9.62. The molecule has 0 spiro atoms. The summed E-state index contributed by atoms with van der Waals surface area (Å²) in [5, 5.41) is 10.8. The molecular formula is C15H22IN5S.